The van der Waals surface area contributed by atoms with Crippen molar-refractivity contribution in [1.29, 1.82) is 0 Å². The summed E-state index contributed by atoms with van der Waals surface area (Å²) in [6.45, 7) is 8.37. The predicted octanol–water partition coefficient (Wildman–Crippen LogP) is 0.794. The molecule has 4 nitrogen and oxygen atoms in total. The number of methoxy groups -OCH3 is 1. The summed E-state index contributed by atoms with van der Waals surface area (Å²) in [5.41, 5.74) is -2.73. The number of ether oxygens (including phenoxy) is 1. The molecule has 2 N–H and O–H groups in total. The smallest absolute Gasteiger partial charge is 0.308 e. The number of aliphatic hydroxyl groups is 2. The largest absolute Gasteiger partial charge is 0.469 e. The monoisotopic (exact) mass is 214 g/mol. The number of esters is 1. The van der Waals surface area contributed by atoms with Gasteiger partial charge in [-0.2, -0.15) is 0 Å². The van der Waals surface area contributed by atoms with Gasteiger partial charge >= 0.3 is 5.97 Å². The predicted molar refractivity (Wildman–Crippen MR) is 57.2 cm³/mol. The second kappa shape index (κ2) is 5.09. The van der Waals surface area contributed by atoms with Crippen LogP contribution < -0.4 is 0 Å². The van der Waals surface area contributed by atoms with Crippen molar-refractivity contribution in [3.63, 3.8) is 0 Å². The first kappa shape index (κ1) is 13.9. The fraction of sp³-hybridized carbons (Fsp3) is 0.545. The van der Waals surface area contributed by atoms with Gasteiger partial charge in [-0.05, 0) is 6.92 Å². The normalized spacial score (nSPS) is 18.4. The highest BCUT2D eigenvalue weighted by atomic mass is 16.5. The Kier molecular flexibility index (Phi) is 4.71. The average Bonchev–Trinajstić information content (AvgIpc) is 2.17. The molecule has 0 aliphatic rings. The standard InChI is InChI=1S/C11H18O4/c1-5-10(3,13)8-11(14,6-2)7-9(12)15-4/h5-6,13-14H,1-2,7-8H2,3-4H3. The molecule has 2 unspecified atom stereocenters. The van der Waals surface area contributed by atoms with Crippen molar-refractivity contribution in [2.24, 2.45) is 0 Å². The van der Waals surface area contributed by atoms with Gasteiger partial charge in [-0.3, -0.25) is 4.79 Å². The van der Waals surface area contributed by atoms with E-state index in [0.29, 0.717) is 0 Å². The van der Waals surface area contributed by atoms with Gasteiger partial charge < -0.3 is 14.9 Å². The molecule has 4 heteroatoms. The van der Waals surface area contributed by atoms with Crippen molar-refractivity contribution >= 4 is 5.97 Å². The van der Waals surface area contributed by atoms with Crippen LogP contribution in [0.1, 0.15) is 19.8 Å². The van der Waals surface area contributed by atoms with Gasteiger partial charge in [0.2, 0.25) is 0 Å². The first-order valence-corrected chi connectivity index (χ1v) is 4.57. The van der Waals surface area contributed by atoms with Crippen LogP contribution in [0.25, 0.3) is 0 Å². The van der Waals surface area contributed by atoms with Crippen molar-refractivity contribution in [2.45, 2.75) is 31.0 Å². The molecule has 0 saturated carbocycles. The van der Waals surface area contributed by atoms with Crippen molar-refractivity contribution in [1.82, 2.24) is 0 Å². The van der Waals surface area contributed by atoms with Crippen molar-refractivity contribution in [3.8, 4) is 0 Å². The highest BCUT2D eigenvalue weighted by Crippen LogP contribution is 2.26. The Labute approximate surface area is 89.9 Å². The molecule has 15 heavy (non-hydrogen) atoms. The topological polar surface area (TPSA) is 66.8 Å². The van der Waals surface area contributed by atoms with Gasteiger partial charge in [0.1, 0.15) is 0 Å². The van der Waals surface area contributed by atoms with Crippen molar-refractivity contribution in [3.05, 3.63) is 25.3 Å². The Bertz CT molecular complexity index is 257. The molecule has 0 aliphatic carbocycles. The molecular weight excluding hydrogens is 196 g/mol. The van der Waals surface area contributed by atoms with E-state index in [-0.39, 0.29) is 12.8 Å². The zero-order chi connectivity index (χ0) is 12.1. The first-order valence-electron chi connectivity index (χ1n) is 4.57. The Morgan fingerprint density at radius 2 is 1.93 bits per heavy atom. The van der Waals surface area contributed by atoms with E-state index < -0.39 is 17.2 Å². The van der Waals surface area contributed by atoms with E-state index in [9.17, 15) is 15.0 Å². The van der Waals surface area contributed by atoms with Gasteiger partial charge in [0.25, 0.3) is 0 Å². The van der Waals surface area contributed by atoms with Crippen LogP contribution in [0.4, 0.5) is 0 Å². The van der Waals surface area contributed by atoms with Crippen LogP contribution in [-0.2, 0) is 9.53 Å². The molecule has 0 bridgehead atoms. The van der Waals surface area contributed by atoms with E-state index in [1.54, 1.807) is 0 Å². The van der Waals surface area contributed by atoms with Crippen LogP contribution in [0.5, 0.6) is 0 Å². The molecule has 0 aromatic carbocycles. The van der Waals surface area contributed by atoms with Crippen LogP contribution in [0.15, 0.2) is 25.3 Å². The van der Waals surface area contributed by atoms with Crippen LogP contribution in [0.3, 0.4) is 0 Å². The van der Waals surface area contributed by atoms with E-state index in [4.69, 9.17) is 0 Å². The third kappa shape index (κ3) is 4.76. The molecule has 0 saturated heterocycles. The zero-order valence-electron chi connectivity index (χ0n) is 9.19. The first-order chi connectivity index (χ1) is 6.78. The summed E-state index contributed by atoms with van der Waals surface area (Å²) in [5.74, 6) is -0.558. The summed E-state index contributed by atoms with van der Waals surface area (Å²) in [5, 5.41) is 19.7. The van der Waals surface area contributed by atoms with Gasteiger partial charge in [0.05, 0.1) is 24.7 Å². The molecule has 86 valence electrons. The van der Waals surface area contributed by atoms with Gasteiger partial charge in [-0.1, -0.05) is 12.2 Å². The highest BCUT2D eigenvalue weighted by molar-refractivity contribution is 5.70. The second-order valence-corrected chi connectivity index (χ2v) is 3.80. The number of rotatable bonds is 6. The lowest BCUT2D eigenvalue weighted by atomic mass is 9.86. The van der Waals surface area contributed by atoms with Gasteiger partial charge in [-0.15, -0.1) is 13.2 Å². The Hall–Kier alpha value is -1.13. The van der Waals surface area contributed by atoms with Crippen LogP contribution >= 0.6 is 0 Å². The molecule has 0 heterocycles. The molecule has 0 aliphatic heterocycles. The fourth-order valence-corrected chi connectivity index (χ4v) is 1.22. The number of hydrogen-bond donors (Lipinski definition) is 2. The lowest BCUT2D eigenvalue weighted by molar-refractivity contribution is -0.145. The molecule has 0 radical (unpaired) electrons. The van der Waals surface area contributed by atoms with E-state index in [2.05, 4.69) is 17.9 Å². The quantitative estimate of drug-likeness (QED) is 0.507. The molecule has 0 amide bonds. The Morgan fingerprint density at radius 1 is 1.40 bits per heavy atom. The molecule has 0 aromatic rings. The van der Waals surface area contributed by atoms with E-state index in [1.807, 2.05) is 0 Å². The number of carbonyl (C=O) groups is 1. The minimum Gasteiger partial charge on any atom is -0.469 e. The highest BCUT2D eigenvalue weighted by Gasteiger charge is 2.34. The van der Waals surface area contributed by atoms with Crippen LogP contribution in [-0.4, -0.2) is 34.5 Å². The lowest BCUT2D eigenvalue weighted by Crippen LogP contribution is -2.38. The summed E-state index contributed by atoms with van der Waals surface area (Å²) in [6, 6.07) is 0. The summed E-state index contributed by atoms with van der Waals surface area (Å²) in [6.07, 6.45) is 2.24. The van der Waals surface area contributed by atoms with Gasteiger partial charge in [-0.25, -0.2) is 0 Å². The third-order valence-corrected chi connectivity index (χ3v) is 2.16. The van der Waals surface area contributed by atoms with Crippen molar-refractivity contribution < 1.29 is 19.7 Å². The second-order valence-electron chi connectivity index (χ2n) is 3.80. The number of hydrogen-bond acceptors (Lipinski definition) is 4. The summed E-state index contributed by atoms with van der Waals surface area (Å²) in [4.78, 5) is 11.0. The lowest BCUT2D eigenvalue weighted by Gasteiger charge is -2.30. The fourth-order valence-electron chi connectivity index (χ4n) is 1.22. The maximum atomic E-state index is 11.0. The van der Waals surface area contributed by atoms with E-state index >= 15 is 0 Å². The van der Waals surface area contributed by atoms with E-state index in [0.717, 1.165) is 0 Å². The van der Waals surface area contributed by atoms with E-state index in [1.165, 1.54) is 26.2 Å². The Balaban J connectivity index is 4.64. The zero-order valence-corrected chi connectivity index (χ0v) is 9.19. The van der Waals surface area contributed by atoms with Crippen LogP contribution in [0, 0.1) is 0 Å². The molecular formula is C11H18O4. The average molecular weight is 214 g/mol. The summed E-state index contributed by atoms with van der Waals surface area (Å²) < 4.78 is 4.44. The van der Waals surface area contributed by atoms with Crippen molar-refractivity contribution in [2.75, 3.05) is 7.11 Å². The third-order valence-electron chi connectivity index (χ3n) is 2.16. The molecule has 0 rings (SSSR count). The summed E-state index contributed by atoms with van der Waals surface area (Å²) >= 11 is 0. The minimum absolute atomic E-state index is 0.0535. The minimum atomic E-state index is -1.48. The molecule has 0 aromatic heterocycles. The SMILES string of the molecule is C=CC(C)(O)CC(O)(C=C)CC(=O)OC. The van der Waals surface area contributed by atoms with Gasteiger partial charge in [0.15, 0.2) is 0 Å². The van der Waals surface area contributed by atoms with Gasteiger partial charge in [0, 0.05) is 6.42 Å². The molecule has 0 fully saturated rings. The Morgan fingerprint density at radius 3 is 2.27 bits per heavy atom. The molecule has 0 spiro atoms. The van der Waals surface area contributed by atoms with Crippen LogP contribution in [0.2, 0.25) is 0 Å². The summed E-state index contributed by atoms with van der Waals surface area (Å²) in [7, 11) is 1.23. The molecule has 2 atom stereocenters. The number of carbonyl (C=O) groups excluding carboxylic acids is 1. The maximum Gasteiger partial charge on any atom is 0.308 e. The maximum absolute atomic E-state index is 11.0.